The number of hydrogen-bond donors (Lipinski definition) is 1. The van der Waals surface area contributed by atoms with Gasteiger partial charge in [0, 0.05) is 16.6 Å². The third-order valence-corrected chi connectivity index (χ3v) is 4.60. The average molecular weight is 311 g/mol. The van der Waals surface area contributed by atoms with E-state index in [4.69, 9.17) is 5.73 Å². The molecule has 1 saturated carbocycles. The molecule has 1 aromatic carbocycles. The number of nitrogens with two attached hydrogens (primary N) is 1. The minimum atomic E-state index is -0.0998. The Kier molecular flexibility index (Phi) is 4.46. The maximum absolute atomic E-state index is 6.57. The first-order valence-corrected chi connectivity index (χ1v) is 7.53. The van der Waals surface area contributed by atoms with Crippen molar-refractivity contribution in [2.24, 2.45) is 5.73 Å². The third-order valence-electron chi connectivity index (χ3n) is 3.86. The zero-order valence-electron chi connectivity index (χ0n) is 11.4. The molecule has 1 aliphatic rings. The second-order valence-electron chi connectivity index (χ2n) is 5.76. The van der Waals surface area contributed by atoms with Gasteiger partial charge in [-0.25, -0.2) is 0 Å². The van der Waals surface area contributed by atoms with Crippen LogP contribution in [-0.2, 0) is 12.1 Å². The fourth-order valence-electron chi connectivity index (χ4n) is 2.80. The minimum Gasteiger partial charge on any atom is -0.321 e. The molecule has 0 unspecified atom stereocenters. The van der Waals surface area contributed by atoms with Gasteiger partial charge in [0.15, 0.2) is 0 Å². The van der Waals surface area contributed by atoms with E-state index in [-0.39, 0.29) is 5.54 Å². The van der Waals surface area contributed by atoms with E-state index in [1.807, 2.05) is 0 Å². The summed E-state index contributed by atoms with van der Waals surface area (Å²) in [5.74, 6) is 0. The lowest BCUT2D eigenvalue weighted by molar-refractivity contribution is 0.302. The van der Waals surface area contributed by atoms with Gasteiger partial charge in [0.05, 0.1) is 0 Å². The first-order chi connectivity index (χ1) is 8.51. The number of benzene rings is 1. The van der Waals surface area contributed by atoms with Crippen LogP contribution in [0.15, 0.2) is 22.7 Å². The van der Waals surface area contributed by atoms with E-state index < -0.39 is 0 Å². The largest absolute Gasteiger partial charge is 0.321 e. The Morgan fingerprint density at radius 3 is 2.44 bits per heavy atom. The van der Waals surface area contributed by atoms with Gasteiger partial charge >= 0.3 is 0 Å². The van der Waals surface area contributed by atoms with E-state index in [1.165, 1.54) is 34.9 Å². The molecular formula is C15H23BrN2. The molecule has 0 spiro atoms. The standard InChI is InChI=1S/C15H23BrN2/c1-18(2)11-12-6-7-13(10-14(12)16)15(17)8-4-3-5-9-15/h6-7,10H,3-5,8-9,11,17H2,1-2H3. The molecule has 0 heterocycles. The molecule has 1 fully saturated rings. The summed E-state index contributed by atoms with van der Waals surface area (Å²) in [6.07, 6.45) is 6.08. The molecule has 18 heavy (non-hydrogen) atoms. The zero-order valence-corrected chi connectivity index (χ0v) is 13.0. The van der Waals surface area contributed by atoms with Crippen molar-refractivity contribution in [3.8, 4) is 0 Å². The van der Waals surface area contributed by atoms with Gasteiger partial charge in [0.25, 0.3) is 0 Å². The molecule has 0 atom stereocenters. The summed E-state index contributed by atoms with van der Waals surface area (Å²) in [4.78, 5) is 2.18. The van der Waals surface area contributed by atoms with Gasteiger partial charge in [-0.1, -0.05) is 47.3 Å². The highest BCUT2D eigenvalue weighted by Gasteiger charge is 2.29. The van der Waals surface area contributed by atoms with Crippen LogP contribution in [0.2, 0.25) is 0 Å². The fourth-order valence-corrected chi connectivity index (χ4v) is 3.30. The first kappa shape index (κ1) is 14.0. The van der Waals surface area contributed by atoms with Gasteiger partial charge in [0.1, 0.15) is 0 Å². The summed E-state index contributed by atoms with van der Waals surface area (Å²) in [5.41, 5.74) is 9.08. The van der Waals surface area contributed by atoms with Crippen LogP contribution in [0.3, 0.4) is 0 Å². The molecule has 0 aromatic heterocycles. The van der Waals surface area contributed by atoms with Gasteiger partial charge in [0.2, 0.25) is 0 Å². The van der Waals surface area contributed by atoms with E-state index in [1.54, 1.807) is 0 Å². The Hall–Kier alpha value is -0.380. The van der Waals surface area contributed by atoms with E-state index in [0.29, 0.717) is 0 Å². The molecule has 1 aliphatic carbocycles. The number of rotatable bonds is 3. The molecular weight excluding hydrogens is 288 g/mol. The molecule has 2 nitrogen and oxygen atoms in total. The molecule has 2 rings (SSSR count). The van der Waals surface area contributed by atoms with Crippen molar-refractivity contribution in [2.45, 2.75) is 44.2 Å². The maximum Gasteiger partial charge on any atom is 0.0410 e. The van der Waals surface area contributed by atoms with Crippen LogP contribution < -0.4 is 5.73 Å². The Bertz CT molecular complexity index is 409. The van der Waals surface area contributed by atoms with E-state index in [0.717, 1.165) is 19.4 Å². The summed E-state index contributed by atoms with van der Waals surface area (Å²) >= 11 is 3.68. The van der Waals surface area contributed by atoms with Crippen molar-refractivity contribution in [1.82, 2.24) is 4.90 Å². The molecule has 0 bridgehead atoms. The minimum absolute atomic E-state index is 0.0998. The highest BCUT2D eigenvalue weighted by atomic mass is 79.9. The van der Waals surface area contributed by atoms with Crippen molar-refractivity contribution < 1.29 is 0 Å². The van der Waals surface area contributed by atoms with E-state index in [2.05, 4.69) is 53.1 Å². The molecule has 0 saturated heterocycles. The van der Waals surface area contributed by atoms with Crippen molar-refractivity contribution in [3.05, 3.63) is 33.8 Å². The number of hydrogen-bond acceptors (Lipinski definition) is 2. The van der Waals surface area contributed by atoms with Crippen LogP contribution in [0.4, 0.5) is 0 Å². The third kappa shape index (κ3) is 3.14. The van der Waals surface area contributed by atoms with Gasteiger partial charge in [-0.05, 0) is 44.1 Å². The van der Waals surface area contributed by atoms with Crippen LogP contribution in [-0.4, -0.2) is 19.0 Å². The van der Waals surface area contributed by atoms with Crippen LogP contribution in [0, 0.1) is 0 Å². The van der Waals surface area contributed by atoms with Crippen molar-refractivity contribution in [3.63, 3.8) is 0 Å². The molecule has 1 aromatic rings. The number of nitrogens with zero attached hydrogens (tertiary/aromatic N) is 1. The molecule has 0 radical (unpaired) electrons. The van der Waals surface area contributed by atoms with Crippen LogP contribution in [0.25, 0.3) is 0 Å². The normalized spacial score (nSPS) is 19.2. The predicted octanol–water partition coefficient (Wildman–Crippen LogP) is 3.63. The monoisotopic (exact) mass is 310 g/mol. The molecule has 0 aliphatic heterocycles. The summed E-state index contributed by atoms with van der Waals surface area (Å²) in [5, 5.41) is 0. The Labute approximate surface area is 119 Å². The summed E-state index contributed by atoms with van der Waals surface area (Å²) in [6, 6.07) is 6.65. The lowest BCUT2D eigenvalue weighted by Gasteiger charge is -2.34. The lowest BCUT2D eigenvalue weighted by Crippen LogP contribution is -2.38. The van der Waals surface area contributed by atoms with Gasteiger partial charge in [-0.3, -0.25) is 0 Å². The topological polar surface area (TPSA) is 29.3 Å². The second-order valence-corrected chi connectivity index (χ2v) is 6.62. The lowest BCUT2D eigenvalue weighted by atomic mass is 9.77. The van der Waals surface area contributed by atoms with Gasteiger partial charge < -0.3 is 10.6 Å². The maximum atomic E-state index is 6.57. The molecule has 0 amide bonds. The molecule has 100 valence electrons. The molecule has 2 N–H and O–H groups in total. The smallest absolute Gasteiger partial charge is 0.0410 e. The Balaban J connectivity index is 2.22. The zero-order chi connectivity index (χ0) is 13.2. The SMILES string of the molecule is CN(C)Cc1ccc(C2(N)CCCCC2)cc1Br. The van der Waals surface area contributed by atoms with E-state index in [9.17, 15) is 0 Å². The summed E-state index contributed by atoms with van der Waals surface area (Å²) < 4.78 is 1.18. The quantitative estimate of drug-likeness (QED) is 0.923. The first-order valence-electron chi connectivity index (χ1n) is 6.74. The van der Waals surface area contributed by atoms with Gasteiger partial charge in [-0.15, -0.1) is 0 Å². The predicted molar refractivity (Wildman–Crippen MR) is 80.5 cm³/mol. The summed E-state index contributed by atoms with van der Waals surface area (Å²) in [6.45, 7) is 0.957. The summed E-state index contributed by atoms with van der Waals surface area (Å²) in [7, 11) is 4.18. The second kappa shape index (κ2) is 5.72. The fraction of sp³-hybridized carbons (Fsp3) is 0.600. The Morgan fingerprint density at radius 2 is 1.89 bits per heavy atom. The van der Waals surface area contributed by atoms with Crippen LogP contribution in [0.5, 0.6) is 0 Å². The highest BCUT2D eigenvalue weighted by molar-refractivity contribution is 9.10. The highest BCUT2D eigenvalue weighted by Crippen LogP contribution is 2.36. The van der Waals surface area contributed by atoms with E-state index >= 15 is 0 Å². The average Bonchev–Trinajstić information content (AvgIpc) is 2.32. The van der Waals surface area contributed by atoms with Crippen LogP contribution in [0.1, 0.15) is 43.2 Å². The van der Waals surface area contributed by atoms with Crippen molar-refractivity contribution in [1.29, 1.82) is 0 Å². The van der Waals surface area contributed by atoms with Crippen molar-refractivity contribution in [2.75, 3.05) is 14.1 Å². The van der Waals surface area contributed by atoms with Gasteiger partial charge in [-0.2, -0.15) is 0 Å². The molecule has 3 heteroatoms. The number of halogens is 1. The Morgan fingerprint density at radius 1 is 1.22 bits per heavy atom. The van der Waals surface area contributed by atoms with Crippen LogP contribution >= 0.6 is 15.9 Å². The van der Waals surface area contributed by atoms with Crippen molar-refractivity contribution >= 4 is 15.9 Å².